The molecule has 96 valence electrons. The zero-order valence-electron chi connectivity index (χ0n) is 10.5. The van der Waals surface area contributed by atoms with Crippen molar-refractivity contribution >= 4 is 28.3 Å². The highest BCUT2D eigenvalue weighted by atomic mass is 35.5. The Balaban J connectivity index is 1.95. The van der Waals surface area contributed by atoms with Crippen LogP contribution in [0.2, 0.25) is 5.02 Å². The Hall–Kier alpha value is -1.13. The molecule has 5 heteroatoms. The fraction of sp³-hybridized carbons (Fsp3) is 0.385. The van der Waals surface area contributed by atoms with Crippen molar-refractivity contribution in [1.29, 1.82) is 0 Å². The van der Waals surface area contributed by atoms with E-state index in [1.807, 2.05) is 24.3 Å². The highest BCUT2D eigenvalue weighted by Gasteiger charge is 2.05. The van der Waals surface area contributed by atoms with E-state index in [4.69, 9.17) is 11.6 Å². The molecule has 0 spiro atoms. The molecule has 0 amide bonds. The molecule has 0 radical (unpaired) electrons. The molecule has 2 rings (SSSR count). The van der Waals surface area contributed by atoms with E-state index < -0.39 is 0 Å². The van der Waals surface area contributed by atoms with Gasteiger partial charge < -0.3 is 5.32 Å². The summed E-state index contributed by atoms with van der Waals surface area (Å²) in [4.78, 5) is 4.46. The molecule has 1 aromatic carbocycles. The molecule has 0 bridgehead atoms. The van der Waals surface area contributed by atoms with Gasteiger partial charge in [-0.25, -0.2) is 4.98 Å². The van der Waals surface area contributed by atoms with Gasteiger partial charge in [0.2, 0.25) is 5.13 Å². The van der Waals surface area contributed by atoms with Crippen LogP contribution < -0.4 is 5.32 Å². The molecular formula is C13H16ClN3S. The molecule has 0 atom stereocenters. The van der Waals surface area contributed by atoms with Gasteiger partial charge in [0.25, 0.3) is 0 Å². The van der Waals surface area contributed by atoms with Crippen LogP contribution >= 0.6 is 23.1 Å². The second-order valence-electron chi connectivity index (χ2n) is 4.59. The van der Waals surface area contributed by atoms with Gasteiger partial charge in [0.15, 0.2) is 0 Å². The van der Waals surface area contributed by atoms with Crippen LogP contribution in [-0.2, 0) is 6.42 Å². The van der Waals surface area contributed by atoms with Crippen molar-refractivity contribution in [2.45, 2.75) is 20.3 Å². The lowest BCUT2D eigenvalue weighted by Gasteiger charge is -2.03. The Morgan fingerprint density at radius 3 is 2.67 bits per heavy atom. The molecule has 0 fully saturated rings. The summed E-state index contributed by atoms with van der Waals surface area (Å²) in [6.45, 7) is 5.26. The maximum atomic E-state index is 5.85. The third kappa shape index (κ3) is 3.96. The Bertz CT molecular complexity index is 493. The van der Waals surface area contributed by atoms with Crippen LogP contribution in [0.25, 0.3) is 0 Å². The fourth-order valence-corrected chi connectivity index (χ4v) is 2.19. The number of halogens is 1. The number of nitrogens with zero attached hydrogens (tertiary/aromatic N) is 2. The van der Waals surface area contributed by atoms with E-state index in [1.165, 1.54) is 17.1 Å². The molecule has 0 unspecified atom stereocenters. The van der Waals surface area contributed by atoms with E-state index in [0.29, 0.717) is 5.92 Å². The van der Waals surface area contributed by atoms with E-state index in [-0.39, 0.29) is 0 Å². The number of nitrogens with one attached hydrogen (secondary N) is 1. The second kappa shape index (κ2) is 6.16. The van der Waals surface area contributed by atoms with Gasteiger partial charge in [-0.2, -0.15) is 4.37 Å². The Labute approximate surface area is 116 Å². The first kappa shape index (κ1) is 13.3. The standard InChI is InChI=1S/C13H16ClN3S/c1-9(2)8-15-13-16-12(17-18-13)7-10-3-5-11(14)6-4-10/h3-6,9H,7-8H2,1-2H3,(H,15,16,17). The van der Waals surface area contributed by atoms with Gasteiger partial charge in [-0.15, -0.1) is 0 Å². The topological polar surface area (TPSA) is 37.8 Å². The number of anilines is 1. The molecule has 0 saturated carbocycles. The van der Waals surface area contributed by atoms with Crippen molar-refractivity contribution in [2.75, 3.05) is 11.9 Å². The highest BCUT2D eigenvalue weighted by Crippen LogP contribution is 2.16. The van der Waals surface area contributed by atoms with Crippen molar-refractivity contribution < 1.29 is 0 Å². The summed E-state index contributed by atoms with van der Waals surface area (Å²) in [6, 6.07) is 7.79. The lowest BCUT2D eigenvalue weighted by Crippen LogP contribution is -2.07. The molecule has 3 nitrogen and oxygen atoms in total. The molecule has 2 aromatic rings. The lowest BCUT2D eigenvalue weighted by atomic mass is 10.1. The van der Waals surface area contributed by atoms with Crippen LogP contribution in [0.15, 0.2) is 24.3 Å². The van der Waals surface area contributed by atoms with Gasteiger partial charge >= 0.3 is 0 Å². The summed E-state index contributed by atoms with van der Waals surface area (Å²) >= 11 is 7.27. The predicted octanol–water partition coefficient (Wildman–Crippen LogP) is 3.85. The number of aromatic nitrogens is 2. The smallest absolute Gasteiger partial charge is 0.202 e. The van der Waals surface area contributed by atoms with Gasteiger partial charge in [-0.05, 0) is 23.6 Å². The third-order valence-electron chi connectivity index (χ3n) is 2.41. The van der Waals surface area contributed by atoms with E-state index in [1.54, 1.807) is 0 Å². The minimum Gasteiger partial charge on any atom is -0.360 e. The van der Waals surface area contributed by atoms with Crippen LogP contribution in [0.3, 0.4) is 0 Å². The first-order valence-electron chi connectivity index (χ1n) is 5.94. The Morgan fingerprint density at radius 2 is 2.00 bits per heavy atom. The number of rotatable bonds is 5. The average Bonchev–Trinajstić information content (AvgIpc) is 2.77. The molecule has 1 heterocycles. The van der Waals surface area contributed by atoms with Crippen molar-refractivity contribution in [3.05, 3.63) is 40.7 Å². The minimum atomic E-state index is 0.605. The van der Waals surface area contributed by atoms with Gasteiger partial charge in [0, 0.05) is 29.5 Å². The molecule has 18 heavy (non-hydrogen) atoms. The lowest BCUT2D eigenvalue weighted by molar-refractivity contribution is 0.688. The quantitative estimate of drug-likeness (QED) is 0.904. The third-order valence-corrected chi connectivity index (χ3v) is 3.37. The number of hydrogen-bond acceptors (Lipinski definition) is 4. The van der Waals surface area contributed by atoms with Crippen molar-refractivity contribution in [1.82, 2.24) is 9.36 Å². The van der Waals surface area contributed by atoms with Crippen LogP contribution in [0.5, 0.6) is 0 Å². The van der Waals surface area contributed by atoms with E-state index in [9.17, 15) is 0 Å². The molecular weight excluding hydrogens is 266 g/mol. The van der Waals surface area contributed by atoms with Crippen molar-refractivity contribution in [2.24, 2.45) is 5.92 Å². The van der Waals surface area contributed by atoms with Crippen molar-refractivity contribution in [3.63, 3.8) is 0 Å². The zero-order chi connectivity index (χ0) is 13.0. The van der Waals surface area contributed by atoms with Gasteiger partial charge in [-0.1, -0.05) is 37.6 Å². The summed E-state index contributed by atoms with van der Waals surface area (Å²) < 4.78 is 4.35. The first-order chi connectivity index (χ1) is 8.63. The summed E-state index contributed by atoms with van der Waals surface area (Å²) in [6.07, 6.45) is 0.747. The maximum absolute atomic E-state index is 5.85. The van der Waals surface area contributed by atoms with Crippen molar-refractivity contribution in [3.8, 4) is 0 Å². The first-order valence-corrected chi connectivity index (χ1v) is 7.09. The molecule has 0 aliphatic carbocycles. The SMILES string of the molecule is CC(C)CNc1nc(Cc2ccc(Cl)cc2)ns1. The van der Waals surface area contributed by atoms with E-state index >= 15 is 0 Å². The minimum absolute atomic E-state index is 0.605. The maximum Gasteiger partial charge on any atom is 0.202 e. The molecule has 1 N–H and O–H groups in total. The molecule has 0 saturated heterocycles. The number of benzene rings is 1. The van der Waals surface area contributed by atoms with E-state index in [2.05, 4.69) is 28.5 Å². The predicted molar refractivity (Wildman–Crippen MR) is 77.5 cm³/mol. The average molecular weight is 282 g/mol. The fourth-order valence-electron chi connectivity index (χ4n) is 1.47. The summed E-state index contributed by atoms with van der Waals surface area (Å²) in [5.41, 5.74) is 1.17. The normalized spacial score (nSPS) is 10.9. The van der Waals surface area contributed by atoms with Crippen LogP contribution in [-0.4, -0.2) is 15.9 Å². The van der Waals surface area contributed by atoms with E-state index in [0.717, 1.165) is 28.9 Å². The Morgan fingerprint density at radius 1 is 1.28 bits per heavy atom. The largest absolute Gasteiger partial charge is 0.360 e. The zero-order valence-corrected chi connectivity index (χ0v) is 12.1. The van der Waals surface area contributed by atoms with Crippen LogP contribution in [0, 0.1) is 5.92 Å². The Kier molecular flexibility index (Phi) is 4.55. The summed E-state index contributed by atoms with van der Waals surface area (Å²) in [5.74, 6) is 1.46. The molecule has 0 aliphatic heterocycles. The van der Waals surface area contributed by atoms with Gasteiger partial charge in [0.1, 0.15) is 5.82 Å². The number of hydrogen-bond donors (Lipinski definition) is 1. The van der Waals surface area contributed by atoms with Crippen LogP contribution in [0.4, 0.5) is 5.13 Å². The monoisotopic (exact) mass is 281 g/mol. The summed E-state index contributed by atoms with van der Waals surface area (Å²) in [7, 11) is 0. The highest BCUT2D eigenvalue weighted by molar-refractivity contribution is 7.09. The van der Waals surface area contributed by atoms with Gasteiger partial charge in [-0.3, -0.25) is 0 Å². The summed E-state index contributed by atoms with van der Waals surface area (Å²) in [5, 5.41) is 4.93. The van der Waals surface area contributed by atoms with Crippen LogP contribution in [0.1, 0.15) is 25.2 Å². The second-order valence-corrected chi connectivity index (χ2v) is 5.78. The van der Waals surface area contributed by atoms with Gasteiger partial charge in [0.05, 0.1) is 0 Å². The molecule has 1 aromatic heterocycles. The molecule has 0 aliphatic rings.